The number of hydrogen-bond donors (Lipinski definition) is 0. The van der Waals surface area contributed by atoms with Gasteiger partial charge in [0, 0.05) is 5.97 Å². The van der Waals surface area contributed by atoms with Crippen molar-refractivity contribution < 1.29 is 57.8 Å². The van der Waals surface area contributed by atoms with Gasteiger partial charge in [0.1, 0.15) is 0 Å². The summed E-state index contributed by atoms with van der Waals surface area (Å²) in [5.41, 5.74) is 6.63. The number of benzene rings is 4. The molecule has 0 heterocycles. The largest absolute Gasteiger partial charge is 0.870 e. The van der Waals surface area contributed by atoms with Gasteiger partial charge in [0.25, 0.3) is 0 Å². The molecule has 0 bridgehead atoms. The van der Waals surface area contributed by atoms with Crippen molar-refractivity contribution >= 4 is 5.97 Å². The van der Waals surface area contributed by atoms with E-state index in [-0.39, 0.29) is 69.5 Å². The van der Waals surface area contributed by atoms with E-state index in [2.05, 4.69) is 180 Å². The van der Waals surface area contributed by atoms with Crippen molar-refractivity contribution in [1.29, 1.82) is 0 Å². The van der Waals surface area contributed by atoms with Gasteiger partial charge in [-0.25, -0.2) is 0 Å². The van der Waals surface area contributed by atoms with Gasteiger partial charge in [-0.05, 0) is 99.4 Å². The topological polar surface area (TPSA) is 70.1 Å². The minimum absolute atomic E-state index is 0. The molecular formula is C42H56I2O3. The van der Waals surface area contributed by atoms with E-state index in [1.807, 2.05) is 0 Å². The molecule has 0 fully saturated rings. The van der Waals surface area contributed by atoms with Crippen LogP contribution in [0.5, 0.6) is 0 Å². The van der Waals surface area contributed by atoms with Crippen molar-refractivity contribution in [2.45, 2.75) is 112 Å². The Labute approximate surface area is 306 Å². The second-order valence-electron chi connectivity index (χ2n) is 15.7. The molecule has 0 amide bonds. The van der Waals surface area contributed by atoms with Gasteiger partial charge in [0.05, 0.1) is 0 Å². The summed E-state index contributed by atoms with van der Waals surface area (Å²) in [6.07, 6.45) is 0. The number of aliphatic carboxylic acids is 1. The zero-order chi connectivity index (χ0) is 34.9. The summed E-state index contributed by atoms with van der Waals surface area (Å²) < 4.78 is 5.96. The molecule has 0 aliphatic carbocycles. The summed E-state index contributed by atoms with van der Waals surface area (Å²) in [5, 5.41) is 8.89. The molecule has 256 valence electrons. The summed E-state index contributed by atoms with van der Waals surface area (Å²) in [6.45, 7) is 28.2. The molecule has 4 aromatic rings. The molecule has 1 N–H and O–H groups in total. The van der Waals surface area contributed by atoms with Gasteiger partial charge < -0.3 is 15.4 Å². The molecule has 0 aliphatic rings. The van der Waals surface area contributed by atoms with E-state index in [0.717, 1.165) is 6.92 Å². The highest BCUT2D eigenvalue weighted by molar-refractivity contribution is 5.60. The molecule has 0 aliphatic heterocycles. The maximum atomic E-state index is 8.89. The third-order valence-electron chi connectivity index (χ3n) is 7.28. The zero-order valence-electron chi connectivity index (χ0n) is 30.8. The van der Waals surface area contributed by atoms with Crippen molar-refractivity contribution in [3.8, 4) is 0 Å². The lowest BCUT2D eigenvalue weighted by molar-refractivity contribution is -0.597. The fourth-order valence-corrected chi connectivity index (χ4v) is 8.62. The first-order valence-corrected chi connectivity index (χ1v) is 20.3. The summed E-state index contributed by atoms with van der Waals surface area (Å²) in [5.74, 6) is -1.08. The molecular weight excluding hydrogens is 806 g/mol. The van der Waals surface area contributed by atoms with Crippen LogP contribution in [-0.2, 0) is 26.5 Å². The first kappa shape index (κ1) is 42.8. The van der Waals surface area contributed by atoms with Gasteiger partial charge in [-0.2, -0.15) is 0 Å². The SMILES string of the molecule is CC(=O)[O-].CC(C)(C)c1ccc([I+]c2ccc(C(C)(C)C)cc2)cc1.CC(C)(C)c1ccc([I+]c2ccc(C(C)(C)C)cc2)cc1.[OH-]. The van der Waals surface area contributed by atoms with E-state index in [1.54, 1.807) is 0 Å². The first-order valence-electron chi connectivity index (χ1n) is 15.9. The highest BCUT2D eigenvalue weighted by atomic mass is 127. The lowest BCUT2D eigenvalue weighted by Crippen LogP contribution is -3.61. The van der Waals surface area contributed by atoms with Crippen LogP contribution in [0.1, 0.15) is 112 Å². The number of rotatable bonds is 4. The molecule has 0 spiro atoms. The third-order valence-corrected chi connectivity index (χ3v) is 12.6. The van der Waals surface area contributed by atoms with Crippen LogP contribution in [0.3, 0.4) is 0 Å². The Hall–Kier alpha value is -2.23. The fraction of sp³-hybridized carbons (Fsp3) is 0.405. The van der Waals surface area contributed by atoms with Gasteiger partial charge in [0.2, 0.25) is 0 Å². The van der Waals surface area contributed by atoms with E-state index in [9.17, 15) is 0 Å². The Morgan fingerprint density at radius 3 is 0.638 bits per heavy atom. The number of carboxylic acids is 1. The molecule has 0 atom stereocenters. The van der Waals surface area contributed by atoms with Crippen LogP contribution in [-0.4, -0.2) is 11.4 Å². The van der Waals surface area contributed by atoms with E-state index in [1.165, 1.54) is 36.5 Å². The number of carbonyl (C=O) groups is 1. The van der Waals surface area contributed by atoms with Crippen molar-refractivity contribution in [2.24, 2.45) is 0 Å². The number of carboxylic acid groups (broad SMARTS) is 1. The summed E-state index contributed by atoms with van der Waals surface area (Å²) in [7, 11) is 0. The molecule has 0 saturated carbocycles. The van der Waals surface area contributed by atoms with Crippen LogP contribution in [0.4, 0.5) is 0 Å². The fourth-order valence-electron chi connectivity index (χ4n) is 4.30. The first-order chi connectivity index (χ1) is 21.1. The van der Waals surface area contributed by atoms with Crippen LogP contribution in [0, 0.1) is 14.3 Å². The second-order valence-corrected chi connectivity index (χ2v) is 21.8. The second kappa shape index (κ2) is 18.0. The Morgan fingerprint density at radius 2 is 0.532 bits per heavy atom. The average Bonchev–Trinajstić information content (AvgIpc) is 2.92. The van der Waals surface area contributed by atoms with Gasteiger partial charge in [-0.15, -0.1) is 0 Å². The van der Waals surface area contributed by atoms with Crippen molar-refractivity contribution in [2.75, 3.05) is 0 Å². The van der Waals surface area contributed by atoms with Crippen molar-refractivity contribution in [1.82, 2.24) is 0 Å². The lowest BCUT2D eigenvalue weighted by Gasteiger charge is -2.18. The Balaban J connectivity index is 0.000000414. The van der Waals surface area contributed by atoms with Crippen LogP contribution < -0.4 is 47.5 Å². The molecule has 4 aromatic carbocycles. The highest BCUT2D eigenvalue weighted by Crippen LogP contribution is 2.23. The number of halogens is 2. The Bertz CT molecular complexity index is 1270. The number of hydrogen-bond acceptors (Lipinski definition) is 3. The molecule has 0 unspecified atom stereocenters. The number of carbonyl (C=O) groups excluding carboxylic acids is 1. The van der Waals surface area contributed by atoms with Gasteiger partial charge in [0.15, 0.2) is 14.3 Å². The van der Waals surface area contributed by atoms with Crippen LogP contribution in [0.15, 0.2) is 97.1 Å². The quantitative estimate of drug-likeness (QED) is 0.296. The van der Waals surface area contributed by atoms with E-state index < -0.39 is 5.97 Å². The van der Waals surface area contributed by atoms with Crippen molar-refractivity contribution in [3.05, 3.63) is 134 Å². The smallest absolute Gasteiger partial charge is 0.357 e. The molecule has 0 radical (unpaired) electrons. The van der Waals surface area contributed by atoms with Crippen LogP contribution in [0.25, 0.3) is 0 Å². The van der Waals surface area contributed by atoms with Crippen LogP contribution >= 0.6 is 0 Å². The maximum absolute atomic E-state index is 8.89. The van der Waals surface area contributed by atoms with E-state index in [0.29, 0.717) is 0 Å². The molecule has 5 heteroatoms. The van der Waals surface area contributed by atoms with E-state index in [4.69, 9.17) is 9.90 Å². The summed E-state index contributed by atoms with van der Waals surface area (Å²) in [6, 6.07) is 36.8. The minimum atomic E-state index is -1.08. The molecule has 0 saturated heterocycles. The highest BCUT2D eigenvalue weighted by Gasteiger charge is 2.21. The average molecular weight is 863 g/mol. The zero-order valence-corrected chi connectivity index (χ0v) is 35.1. The van der Waals surface area contributed by atoms with Gasteiger partial charge in [-0.3, -0.25) is 0 Å². The third kappa shape index (κ3) is 15.7. The Morgan fingerprint density at radius 1 is 0.404 bits per heavy atom. The molecule has 47 heavy (non-hydrogen) atoms. The standard InChI is InChI=1S/2C20H26I.C2H4O2.H2O/c2*1-19(2,3)15-7-11-17(12-8-15)21-18-13-9-16(10-14-18)20(4,5)6;1-2(3)4;/h2*7-14H,1-6H3;1H3,(H,3,4);1H2/q2*+1;;/p-2. The Kier molecular flexibility index (Phi) is 16.4. The molecule has 4 rings (SSSR count). The molecule has 3 nitrogen and oxygen atoms in total. The minimum Gasteiger partial charge on any atom is -0.870 e. The summed E-state index contributed by atoms with van der Waals surface area (Å²) in [4.78, 5) is 8.89. The van der Waals surface area contributed by atoms with Gasteiger partial charge >= 0.3 is 42.4 Å². The lowest BCUT2D eigenvalue weighted by atomic mass is 9.87. The van der Waals surface area contributed by atoms with Crippen LogP contribution in [0.2, 0.25) is 0 Å². The monoisotopic (exact) mass is 862 g/mol. The van der Waals surface area contributed by atoms with Crippen molar-refractivity contribution in [3.63, 3.8) is 0 Å². The van der Waals surface area contributed by atoms with E-state index >= 15 is 0 Å². The normalized spacial score (nSPS) is 11.7. The molecule has 0 aromatic heterocycles. The maximum Gasteiger partial charge on any atom is 0.357 e. The predicted octanol–water partition coefficient (Wildman–Crippen LogP) is 3.40. The van der Waals surface area contributed by atoms with Gasteiger partial charge in [-0.1, -0.05) is 132 Å². The predicted molar refractivity (Wildman–Crippen MR) is 188 cm³/mol. The summed E-state index contributed by atoms with van der Waals surface area (Å²) >= 11 is -0.141.